The summed E-state index contributed by atoms with van der Waals surface area (Å²) >= 11 is 6.76. The van der Waals surface area contributed by atoms with Gasteiger partial charge in [-0.05, 0) is 34.1 Å². The van der Waals surface area contributed by atoms with E-state index in [1.807, 2.05) is 0 Å². The van der Waals surface area contributed by atoms with E-state index in [-0.39, 0.29) is 5.56 Å². The number of hydrogen-bond donors (Lipinski definition) is 0. The SMILES string of the molecule is COc1cc(C(Br)c2cccc(F)c2F)c(OC)cc1Br. The lowest BCUT2D eigenvalue weighted by Crippen LogP contribution is -2.02. The first-order chi connectivity index (χ1) is 9.99. The summed E-state index contributed by atoms with van der Waals surface area (Å²) in [5.41, 5.74) is 0.833. The summed E-state index contributed by atoms with van der Waals surface area (Å²) in [7, 11) is 3.04. The quantitative estimate of drug-likeness (QED) is 0.629. The Hall–Kier alpha value is -1.14. The van der Waals surface area contributed by atoms with Crippen LogP contribution >= 0.6 is 31.9 Å². The summed E-state index contributed by atoms with van der Waals surface area (Å²) in [6.45, 7) is 0. The van der Waals surface area contributed by atoms with E-state index in [1.54, 1.807) is 12.1 Å². The van der Waals surface area contributed by atoms with Crippen molar-refractivity contribution in [2.75, 3.05) is 14.2 Å². The third-order valence-corrected chi connectivity index (χ3v) is 4.64. The first-order valence-corrected chi connectivity index (χ1v) is 7.69. The smallest absolute Gasteiger partial charge is 0.163 e. The van der Waals surface area contributed by atoms with Gasteiger partial charge < -0.3 is 9.47 Å². The molecule has 0 saturated carbocycles. The molecule has 1 atom stereocenters. The number of hydrogen-bond acceptors (Lipinski definition) is 2. The van der Waals surface area contributed by atoms with Crippen molar-refractivity contribution in [3.05, 3.63) is 57.6 Å². The van der Waals surface area contributed by atoms with Crippen LogP contribution in [0.3, 0.4) is 0 Å². The molecule has 0 N–H and O–H groups in total. The highest BCUT2D eigenvalue weighted by Gasteiger charge is 2.22. The molecule has 0 amide bonds. The van der Waals surface area contributed by atoms with E-state index in [4.69, 9.17) is 9.47 Å². The molecule has 2 aromatic rings. The van der Waals surface area contributed by atoms with Crippen molar-refractivity contribution in [2.45, 2.75) is 4.83 Å². The molecule has 0 heterocycles. The van der Waals surface area contributed by atoms with Crippen LogP contribution in [-0.2, 0) is 0 Å². The summed E-state index contributed by atoms with van der Waals surface area (Å²) < 4.78 is 38.6. The standard InChI is InChI=1S/C15H12Br2F2O2/c1-20-12-7-10(16)13(21-2)6-9(12)14(17)8-4-3-5-11(18)15(8)19/h3-7,14H,1-2H3. The van der Waals surface area contributed by atoms with Crippen LogP contribution in [0.1, 0.15) is 16.0 Å². The molecule has 0 aliphatic carbocycles. The van der Waals surface area contributed by atoms with E-state index in [0.29, 0.717) is 21.5 Å². The average Bonchev–Trinajstić information content (AvgIpc) is 2.49. The summed E-state index contributed by atoms with van der Waals surface area (Å²) in [6, 6.07) is 7.50. The molecule has 2 rings (SSSR count). The number of rotatable bonds is 4. The van der Waals surface area contributed by atoms with E-state index in [0.717, 1.165) is 6.07 Å². The molecule has 2 aromatic carbocycles. The van der Waals surface area contributed by atoms with Crippen molar-refractivity contribution < 1.29 is 18.3 Å². The van der Waals surface area contributed by atoms with Crippen LogP contribution in [0.2, 0.25) is 0 Å². The number of benzene rings is 2. The van der Waals surface area contributed by atoms with Gasteiger partial charge in [0.05, 0.1) is 23.5 Å². The lowest BCUT2D eigenvalue weighted by molar-refractivity contribution is 0.397. The van der Waals surface area contributed by atoms with Gasteiger partial charge in [-0.2, -0.15) is 0 Å². The lowest BCUT2D eigenvalue weighted by Gasteiger charge is -2.17. The molecular weight excluding hydrogens is 410 g/mol. The molecule has 0 spiro atoms. The topological polar surface area (TPSA) is 18.5 Å². The van der Waals surface area contributed by atoms with Gasteiger partial charge in [-0.15, -0.1) is 0 Å². The fourth-order valence-electron chi connectivity index (χ4n) is 1.97. The van der Waals surface area contributed by atoms with Gasteiger partial charge in [-0.25, -0.2) is 8.78 Å². The van der Waals surface area contributed by atoms with Crippen LogP contribution in [-0.4, -0.2) is 14.2 Å². The highest BCUT2D eigenvalue weighted by atomic mass is 79.9. The second kappa shape index (κ2) is 6.75. The Bertz CT molecular complexity index is 662. The first-order valence-electron chi connectivity index (χ1n) is 5.99. The van der Waals surface area contributed by atoms with Gasteiger partial charge in [-0.1, -0.05) is 28.1 Å². The molecule has 0 aromatic heterocycles. The molecule has 0 fully saturated rings. The Morgan fingerprint density at radius 1 is 1.00 bits per heavy atom. The van der Waals surface area contributed by atoms with Crippen molar-refractivity contribution >= 4 is 31.9 Å². The largest absolute Gasteiger partial charge is 0.496 e. The number of methoxy groups -OCH3 is 2. The molecule has 1 unspecified atom stereocenters. The van der Waals surface area contributed by atoms with Crippen molar-refractivity contribution in [1.29, 1.82) is 0 Å². The molecule has 21 heavy (non-hydrogen) atoms. The minimum Gasteiger partial charge on any atom is -0.496 e. The van der Waals surface area contributed by atoms with Gasteiger partial charge in [0.15, 0.2) is 11.6 Å². The summed E-state index contributed by atoms with van der Waals surface area (Å²) in [6.07, 6.45) is 0. The van der Waals surface area contributed by atoms with E-state index in [9.17, 15) is 8.78 Å². The fourth-order valence-corrected chi connectivity index (χ4v) is 3.16. The maximum Gasteiger partial charge on any atom is 0.163 e. The van der Waals surface area contributed by atoms with E-state index in [2.05, 4.69) is 31.9 Å². The molecule has 0 aliphatic rings. The number of ether oxygens (including phenoxy) is 2. The Labute approximate surface area is 138 Å². The van der Waals surface area contributed by atoms with Crippen LogP contribution in [0.4, 0.5) is 8.78 Å². The molecular formula is C15H12Br2F2O2. The molecule has 112 valence electrons. The van der Waals surface area contributed by atoms with E-state index in [1.165, 1.54) is 26.4 Å². The van der Waals surface area contributed by atoms with Crippen molar-refractivity contribution in [3.63, 3.8) is 0 Å². The summed E-state index contributed by atoms with van der Waals surface area (Å²) in [4.78, 5) is -0.565. The molecule has 0 saturated heterocycles. The zero-order chi connectivity index (χ0) is 15.6. The third-order valence-electron chi connectivity index (χ3n) is 3.03. The molecule has 0 aliphatic heterocycles. The van der Waals surface area contributed by atoms with Gasteiger partial charge in [0.25, 0.3) is 0 Å². The summed E-state index contributed by atoms with van der Waals surface area (Å²) in [5, 5.41) is 0. The summed E-state index contributed by atoms with van der Waals surface area (Å²) in [5.74, 6) is -0.663. The predicted octanol–water partition coefficient (Wildman–Crippen LogP) is 5.23. The predicted molar refractivity (Wildman–Crippen MR) is 84.4 cm³/mol. The maximum absolute atomic E-state index is 13.9. The Morgan fingerprint density at radius 3 is 2.29 bits per heavy atom. The number of alkyl halides is 1. The van der Waals surface area contributed by atoms with Gasteiger partial charge in [0.2, 0.25) is 0 Å². The Kier molecular flexibility index (Phi) is 5.22. The van der Waals surface area contributed by atoms with Gasteiger partial charge in [-0.3, -0.25) is 0 Å². The zero-order valence-corrected chi connectivity index (χ0v) is 14.5. The highest BCUT2D eigenvalue weighted by molar-refractivity contribution is 9.10. The minimum absolute atomic E-state index is 0.192. The van der Waals surface area contributed by atoms with Crippen LogP contribution in [0.15, 0.2) is 34.8 Å². The number of halogens is 4. The molecule has 0 radical (unpaired) electrons. The van der Waals surface area contributed by atoms with Crippen LogP contribution in [0.25, 0.3) is 0 Å². The van der Waals surface area contributed by atoms with Gasteiger partial charge >= 0.3 is 0 Å². The Balaban J connectivity index is 2.56. The van der Waals surface area contributed by atoms with Gasteiger partial charge in [0, 0.05) is 11.1 Å². The monoisotopic (exact) mass is 420 g/mol. The van der Waals surface area contributed by atoms with Crippen molar-refractivity contribution in [3.8, 4) is 11.5 Å². The second-order valence-corrected chi connectivity index (χ2v) is 6.00. The zero-order valence-electron chi connectivity index (χ0n) is 11.3. The minimum atomic E-state index is -0.889. The van der Waals surface area contributed by atoms with Crippen molar-refractivity contribution in [2.24, 2.45) is 0 Å². The maximum atomic E-state index is 13.9. The molecule has 0 bridgehead atoms. The molecule has 2 nitrogen and oxygen atoms in total. The lowest BCUT2D eigenvalue weighted by atomic mass is 10.0. The van der Waals surface area contributed by atoms with Crippen LogP contribution < -0.4 is 9.47 Å². The normalized spacial score (nSPS) is 12.1. The third kappa shape index (κ3) is 3.21. The average molecular weight is 422 g/mol. The first kappa shape index (κ1) is 16.2. The van der Waals surface area contributed by atoms with Crippen molar-refractivity contribution in [1.82, 2.24) is 0 Å². The van der Waals surface area contributed by atoms with Crippen LogP contribution in [0.5, 0.6) is 11.5 Å². The molecule has 6 heteroatoms. The highest BCUT2D eigenvalue weighted by Crippen LogP contribution is 2.42. The Morgan fingerprint density at radius 2 is 1.67 bits per heavy atom. The second-order valence-electron chi connectivity index (χ2n) is 4.23. The van der Waals surface area contributed by atoms with E-state index >= 15 is 0 Å². The van der Waals surface area contributed by atoms with Crippen LogP contribution in [0, 0.1) is 11.6 Å². The fraction of sp³-hybridized carbons (Fsp3) is 0.200. The van der Waals surface area contributed by atoms with E-state index < -0.39 is 16.5 Å². The van der Waals surface area contributed by atoms with Gasteiger partial charge in [0.1, 0.15) is 11.5 Å².